The molecule has 0 saturated carbocycles. The van der Waals surface area contributed by atoms with Gasteiger partial charge in [-0.15, -0.1) is 0 Å². The van der Waals surface area contributed by atoms with Crippen molar-refractivity contribution in [2.24, 2.45) is 5.73 Å². The molecule has 100 valence electrons. The van der Waals surface area contributed by atoms with Crippen molar-refractivity contribution in [2.75, 3.05) is 25.5 Å². The molecule has 5 heteroatoms. The molecule has 1 aromatic carbocycles. The average molecular weight is 258 g/mol. The van der Waals surface area contributed by atoms with Gasteiger partial charge in [0, 0.05) is 18.7 Å². The first kappa shape index (κ1) is 13.3. The van der Waals surface area contributed by atoms with Gasteiger partial charge in [0.05, 0.1) is 24.7 Å². The molecule has 1 heterocycles. The fourth-order valence-corrected chi connectivity index (χ4v) is 1.80. The summed E-state index contributed by atoms with van der Waals surface area (Å²) < 4.78 is 5.24. The van der Waals surface area contributed by atoms with Crippen molar-refractivity contribution in [3.05, 3.63) is 36.3 Å². The predicted molar refractivity (Wildman–Crippen MR) is 76.3 cm³/mol. The van der Waals surface area contributed by atoms with E-state index in [1.807, 2.05) is 31.2 Å². The van der Waals surface area contributed by atoms with Gasteiger partial charge in [-0.1, -0.05) is 12.1 Å². The second kappa shape index (κ2) is 6.15. The Morgan fingerprint density at radius 1 is 1.37 bits per heavy atom. The molecule has 19 heavy (non-hydrogen) atoms. The van der Waals surface area contributed by atoms with Crippen molar-refractivity contribution in [3.8, 4) is 17.0 Å². The van der Waals surface area contributed by atoms with Gasteiger partial charge in [-0.2, -0.15) is 0 Å². The molecule has 0 spiro atoms. The number of hydrogen-bond acceptors (Lipinski definition) is 5. The standard InChI is InChI=1S/C14H18N4O/c1-10-17-9-13(16-7-6-15)14(18-10)11-4-3-5-12(8-11)19-2/h3-5,8-9,16H,6-7,15H2,1-2H3. The number of anilines is 1. The first-order valence-corrected chi connectivity index (χ1v) is 6.16. The highest BCUT2D eigenvalue weighted by molar-refractivity contribution is 5.74. The Hall–Kier alpha value is -2.14. The first-order valence-electron chi connectivity index (χ1n) is 6.16. The molecule has 0 amide bonds. The number of ether oxygens (including phenoxy) is 1. The second-order valence-corrected chi connectivity index (χ2v) is 4.13. The highest BCUT2D eigenvalue weighted by Gasteiger charge is 2.08. The number of methoxy groups -OCH3 is 1. The van der Waals surface area contributed by atoms with Crippen LogP contribution >= 0.6 is 0 Å². The van der Waals surface area contributed by atoms with Gasteiger partial charge in [-0.3, -0.25) is 0 Å². The third-order valence-electron chi connectivity index (χ3n) is 2.71. The summed E-state index contributed by atoms with van der Waals surface area (Å²) in [6.07, 6.45) is 1.78. The van der Waals surface area contributed by atoms with Gasteiger partial charge >= 0.3 is 0 Å². The van der Waals surface area contributed by atoms with E-state index in [1.54, 1.807) is 13.3 Å². The summed E-state index contributed by atoms with van der Waals surface area (Å²) in [5.74, 6) is 1.54. The zero-order chi connectivity index (χ0) is 13.7. The fraction of sp³-hybridized carbons (Fsp3) is 0.286. The molecule has 0 radical (unpaired) electrons. The Morgan fingerprint density at radius 3 is 2.95 bits per heavy atom. The topological polar surface area (TPSA) is 73.1 Å². The normalized spacial score (nSPS) is 10.3. The van der Waals surface area contributed by atoms with Crippen LogP contribution in [0, 0.1) is 6.92 Å². The smallest absolute Gasteiger partial charge is 0.126 e. The zero-order valence-electron chi connectivity index (χ0n) is 11.2. The van der Waals surface area contributed by atoms with E-state index in [0.717, 1.165) is 28.5 Å². The van der Waals surface area contributed by atoms with Crippen molar-refractivity contribution in [3.63, 3.8) is 0 Å². The summed E-state index contributed by atoms with van der Waals surface area (Å²) in [6.45, 7) is 3.12. The number of nitrogens with one attached hydrogen (secondary N) is 1. The molecule has 0 fully saturated rings. The Balaban J connectivity index is 2.43. The molecule has 1 aromatic heterocycles. The van der Waals surface area contributed by atoms with Crippen molar-refractivity contribution in [1.82, 2.24) is 9.97 Å². The van der Waals surface area contributed by atoms with Crippen LogP contribution in [0.4, 0.5) is 5.69 Å². The maximum absolute atomic E-state index is 5.52. The number of nitrogens with two attached hydrogens (primary N) is 1. The molecule has 2 rings (SSSR count). The molecule has 0 atom stereocenters. The molecule has 0 aliphatic rings. The maximum Gasteiger partial charge on any atom is 0.126 e. The van der Waals surface area contributed by atoms with Crippen molar-refractivity contribution in [1.29, 1.82) is 0 Å². The molecule has 2 aromatic rings. The number of rotatable bonds is 5. The maximum atomic E-state index is 5.52. The predicted octanol–water partition coefficient (Wildman–Crippen LogP) is 1.83. The lowest BCUT2D eigenvalue weighted by molar-refractivity contribution is 0.415. The van der Waals surface area contributed by atoms with Gasteiger partial charge in [0.25, 0.3) is 0 Å². The summed E-state index contributed by atoms with van der Waals surface area (Å²) in [7, 11) is 1.65. The van der Waals surface area contributed by atoms with Crippen LogP contribution in [-0.2, 0) is 0 Å². The van der Waals surface area contributed by atoms with E-state index in [4.69, 9.17) is 10.5 Å². The van der Waals surface area contributed by atoms with E-state index in [0.29, 0.717) is 13.1 Å². The van der Waals surface area contributed by atoms with Crippen molar-refractivity contribution < 1.29 is 4.74 Å². The third kappa shape index (κ3) is 3.20. The van der Waals surface area contributed by atoms with Gasteiger partial charge in [-0.05, 0) is 19.1 Å². The molecule has 0 aliphatic heterocycles. The van der Waals surface area contributed by atoms with E-state index in [9.17, 15) is 0 Å². The van der Waals surface area contributed by atoms with Crippen LogP contribution in [0.25, 0.3) is 11.3 Å². The number of aromatic nitrogens is 2. The molecule has 5 nitrogen and oxygen atoms in total. The first-order chi connectivity index (χ1) is 9.24. The third-order valence-corrected chi connectivity index (χ3v) is 2.71. The van der Waals surface area contributed by atoms with Crippen LogP contribution in [-0.4, -0.2) is 30.2 Å². The zero-order valence-corrected chi connectivity index (χ0v) is 11.2. The van der Waals surface area contributed by atoms with Crippen molar-refractivity contribution in [2.45, 2.75) is 6.92 Å². The van der Waals surface area contributed by atoms with E-state index in [2.05, 4.69) is 15.3 Å². The van der Waals surface area contributed by atoms with Gasteiger partial charge in [0.1, 0.15) is 11.6 Å². The van der Waals surface area contributed by atoms with Gasteiger partial charge < -0.3 is 15.8 Å². The second-order valence-electron chi connectivity index (χ2n) is 4.13. The Bertz CT molecular complexity index is 557. The minimum absolute atomic E-state index is 0.561. The molecule has 0 unspecified atom stereocenters. The summed E-state index contributed by atoms with van der Waals surface area (Å²) in [5.41, 5.74) is 8.25. The average Bonchev–Trinajstić information content (AvgIpc) is 2.46. The Labute approximate surface area is 112 Å². The van der Waals surface area contributed by atoms with Crippen molar-refractivity contribution >= 4 is 5.69 Å². The summed E-state index contributed by atoms with van der Waals surface area (Å²) in [4.78, 5) is 8.72. The van der Waals surface area contributed by atoms with Crippen LogP contribution in [0.5, 0.6) is 5.75 Å². The Kier molecular flexibility index (Phi) is 4.30. The minimum atomic E-state index is 0.561. The molecule has 0 saturated heterocycles. The van der Waals surface area contributed by atoms with Gasteiger partial charge in [0.15, 0.2) is 0 Å². The van der Waals surface area contributed by atoms with Gasteiger partial charge in [-0.25, -0.2) is 9.97 Å². The molecule has 0 aliphatic carbocycles. The van der Waals surface area contributed by atoms with Crippen LogP contribution in [0.15, 0.2) is 30.5 Å². The number of benzene rings is 1. The lowest BCUT2D eigenvalue weighted by Gasteiger charge is -2.11. The summed E-state index contributed by atoms with van der Waals surface area (Å²) >= 11 is 0. The lowest BCUT2D eigenvalue weighted by atomic mass is 10.1. The highest BCUT2D eigenvalue weighted by atomic mass is 16.5. The quantitative estimate of drug-likeness (QED) is 0.856. The van der Waals surface area contributed by atoms with Gasteiger partial charge in [0.2, 0.25) is 0 Å². The highest BCUT2D eigenvalue weighted by Crippen LogP contribution is 2.27. The monoisotopic (exact) mass is 258 g/mol. The van der Waals surface area contributed by atoms with E-state index < -0.39 is 0 Å². The SMILES string of the molecule is COc1cccc(-c2nc(C)ncc2NCCN)c1. The number of aryl methyl sites for hydroxylation is 1. The molecule has 0 bridgehead atoms. The van der Waals surface area contributed by atoms with E-state index >= 15 is 0 Å². The summed E-state index contributed by atoms with van der Waals surface area (Å²) in [5, 5.41) is 3.24. The lowest BCUT2D eigenvalue weighted by Crippen LogP contribution is -2.14. The summed E-state index contributed by atoms with van der Waals surface area (Å²) in [6, 6.07) is 7.80. The molecule has 3 N–H and O–H groups in total. The van der Waals surface area contributed by atoms with Crippen LogP contribution in [0.2, 0.25) is 0 Å². The Morgan fingerprint density at radius 2 is 2.21 bits per heavy atom. The van der Waals surface area contributed by atoms with E-state index in [-0.39, 0.29) is 0 Å². The van der Waals surface area contributed by atoms with E-state index in [1.165, 1.54) is 0 Å². The fourth-order valence-electron chi connectivity index (χ4n) is 1.80. The molecular formula is C14H18N4O. The largest absolute Gasteiger partial charge is 0.497 e. The number of hydrogen-bond donors (Lipinski definition) is 2. The number of nitrogens with zero attached hydrogens (tertiary/aromatic N) is 2. The van der Waals surface area contributed by atoms with Crippen LogP contribution < -0.4 is 15.8 Å². The molecular weight excluding hydrogens is 240 g/mol. The van der Waals surface area contributed by atoms with Crippen LogP contribution in [0.1, 0.15) is 5.82 Å². The van der Waals surface area contributed by atoms with Crippen LogP contribution in [0.3, 0.4) is 0 Å². The minimum Gasteiger partial charge on any atom is -0.497 e.